The predicted molar refractivity (Wildman–Crippen MR) is 119 cm³/mol. The number of nitrogens with zero attached hydrogens (tertiary/aromatic N) is 1. The van der Waals surface area contributed by atoms with Gasteiger partial charge >= 0.3 is 0 Å². The van der Waals surface area contributed by atoms with Gasteiger partial charge in [0.25, 0.3) is 0 Å². The zero-order chi connectivity index (χ0) is 21.6. The maximum atomic E-state index is 13.0. The highest BCUT2D eigenvalue weighted by molar-refractivity contribution is 5.84. The minimum Gasteiger partial charge on any atom is -0.361 e. The Labute approximate surface area is 181 Å². The molecule has 1 unspecified atom stereocenters. The zero-order valence-corrected chi connectivity index (χ0v) is 17.6. The number of aryl methyl sites for hydroxylation is 1. The maximum Gasteiger partial charge on any atom is 0.224 e. The van der Waals surface area contributed by atoms with E-state index in [1.165, 1.54) is 12.1 Å². The molecule has 4 rings (SSSR count). The Bertz CT molecular complexity index is 1040. The number of hydrogen-bond donors (Lipinski definition) is 2. The summed E-state index contributed by atoms with van der Waals surface area (Å²) in [4.78, 5) is 30.5. The molecule has 0 radical (unpaired) electrons. The molecule has 0 saturated carbocycles. The Kier molecular flexibility index (Phi) is 6.65. The molecule has 1 saturated heterocycles. The number of piperidine rings is 1. The van der Waals surface area contributed by atoms with Gasteiger partial charge in [0.1, 0.15) is 5.82 Å². The molecule has 1 aromatic heterocycles. The van der Waals surface area contributed by atoms with Gasteiger partial charge in [-0.15, -0.1) is 0 Å². The number of hydrogen-bond acceptors (Lipinski definition) is 2. The van der Waals surface area contributed by atoms with E-state index < -0.39 is 0 Å². The fraction of sp³-hybridized carbons (Fsp3) is 0.360. The summed E-state index contributed by atoms with van der Waals surface area (Å²) in [6, 6.07) is 14.4. The number of aromatic nitrogens is 1. The summed E-state index contributed by atoms with van der Waals surface area (Å²) in [5.74, 6) is -0.325. The van der Waals surface area contributed by atoms with Crippen LogP contribution >= 0.6 is 0 Å². The minimum absolute atomic E-state index is 0.00348. The molecule has 2 N–H and O–H groups in total. The first-order valence-electron chi connectivity index (χ1n) is 10.9. The van der Waals surface area contributed by atoms with E-state index >= 15 is 0 Å². The highest BCUT2D eigenvalue weighted by Gasteiger charge is 2.28. The Hall–Kier alpha value is -3.15. The van der Waals surface area contributed by atoms with Crippen LogP contribution in [0.3, 0.4) is 0 Å². The number of H-pyrrole nitrogens is 1. The van der Waals surface area contributed by atoms with Crippen molar-refractivity contribution >= 4 is 22.7 Å². The van der Waals surface area contributed by atoms with Crippen molar-refractivity contribution in [2.24, 2.45) is 5.92 Å². The van der Waals surface area contributed by atoms with Crippen molar-refractivity contribution in [3.63, 3.8) is 0 Å². The van der Waals surface area contributed by atoms with Crippen LogP contribution in [0, 0.1) is 11.7 Å². The normalized spacial score (nSPS) is 16.4. The number of para-hydroxylation sites is 1. The lowest BCUT2D eigenvalue weighted by Gasteiger charge is -2.32. The first-order chi connectivity index (χ1) is 15.1. The second kappa shape index (κ2) is 9.77. The number of likely N-dealkylation sites (tertiary alicyclic amines) is 1. The van der Waals surface area contributed by atoms with Gasteiger partial charge < -0.3 is 15.2 Å². The monoisotopic (exact) mass is 421 g/mol. The third kappa shape index (κ3) is 5.32. The molecule has 0 bridgehead atoms. The van der Waals surface area contributed by atoms with Crippen LogP contribution in [0.15, 0.2) is 54.7 Å². The molecular weight excluding hydrogens is 393 g/mol. The SMILES string of the molecule is O=C(NCCc1ccc(F)cc1)C1CCCN(C(=O)CCc2c[nH]c3ccccc23)C1. The molecule has 1 aliphatic heterocycles. The largest absolute Gasteiger partial charge is 0.361 e. The Morgan fingerprint density at radius 2 is 1.90 bits per heavy atom. The van der Waals surface area contributed by atoms with Crippen molar-refractivity contribution in [1.82, 2.24) is 15.2 Å². The lowest BCUT2D eigenvalue weighted by molar-refractivity contribution is -0.135. The van der Waals surface area contributed by atoms with Crippen molar-refractivity contribution in [2.75, 3.05) is 19.6 Å². The van der Waals surface area contributed by atoms with Crippen LogP contribution in [-0.2, 0) is 22.4 Å². The van der Waals surface area contributed by atoms with Crippen molar-refractivity contribution in [1.29, 1.82) is 0 Å². The molecule has 1 fully saturated rings. The fourth-order valence-corrected chi connectivity index (χ4v) is 4.28. The summed E-state index contributed by atoms with van der Waals surface area (Å²) in [5.41, 5.74) is 3.22. The van der Waals surface area contributed by atoms with Gasteiger partial charge in [0.2, 0.25) is 11.8 Å². The number of benzene rings is 2. The van der Waals surface area contributed by atoms with Crippen LogP contribution in [0.25, 0.3) is 10.9 Å². The number of rotatable bonds is 7. The lowest BCUT2D eigenvalue weighted by Crippen LogP contribution is -2.45. The number of fused-ring (bicyclic) bond motifs is 1. The van der Waals surface area contributed by atoms with E-state index in [2.05, 4.69) is 16.4 Å². The number of aromatic amines is 1. The van der Waals surface area contributed by atoms with Crippen LogP contribution in [0.5, 0.6) is 0 Å². The highest BCUT2D eigenvalue weighted by atomic mass is 19.1. The van der Waals surface area contributed by atoms with Gasteiger partial charge in [0, 0.05) is 43.2 Å². The summed E-state index contributed by atoms with van der Waals surface area (Å²) in [6.07, 6.45) is 5.41. The van der Waals surface area contributed by atoms with Crippen molar-refractivity contribution in [3.05, 3.63) is 71.7 Å². The highest BCUT2D eigenvalue weighted by Crippen LogP contribution is 2.21. The molecule has 162 valence electrons. The van der Waals surface area contributed by atoms with Gasteiger partial charge in [-0.3, -0.25) is 9.59 Å². The first kappa shape index (κ1) is 21.1. The van der Waals surface area contributed by atoms with E-state index in [-0.39, 0.29) is 23.5 Å². The molecule has 31 heavy (non-hydrogen) atoms. The van der Waals surface area contributed by atoms with Gasteiger partial charge in [0.05, 0.1) is 5.92 Å². The molecule has 3 aromatic rings. The molecule has 2 amide bonds. The summed E-state index contributed by atoms with van der Waals surface area (Å²) >= 11 is 0. The van der Waals surface area contributed by atoms with Crippen LogP contribution in [-0.4, -0.2) is 41.3 Å². The number of carbonyl (C=O) groups is 2. The molecule has 5 nitrogen and oxygen atoms in total. The second-order valence-electron chi connectivity index (χ2n) is 8.21. The number of nitrogens with one attached hydrogen (secondary N) is 2. The molecule has 1 aliphatic rings. The van der Waals surface area contributed by atoms with E-state index in [1.54, 1.807) is 12.1 Å². The molecule has 2 aromatic carbocycles. The van der Waals surface area contributed by atoms with Crippen LogP contribution in [0.1, 0.15) is 30.4 Å². The summed E-state index contributed by atoms with van der Waals surface area (Å²) in [7, 11) is 0. The molecule has 0 aliphatic carbocycles. The van der Waals surface area contributed by atoms with Gasteiger partial charge in [-0.05, 0) is 55.0 Å². The fourth-order valence-electron chi connectivity index (χ4n) is 4.28. The third-order valence-electron chi connectivity index (χ3n) is 6.05. The van der Waals surface area contributed by atoms with Gasteiger partial charge in [-0.25, -0.2) is 4.39 Å². The Morgan fingerprint density at radius 3 is 2.74 bits per heavy atom. The minimum atomic E-state index is -0.260. The summed E-state index contributed by atoms with van der Waals surface area (Å²) in [6.45, 7) is 1.71. The summed E-state index contributed by atoms with van der Waals surface area (Å²) < 4.78 is 13.0. The van der Waals surface area contributed by atoms with Gasteiger partial charge in [-0.1, -0.05) is 30.3 Å². The average molecular weight is 422 g/mol. The standard InChI is InChI=1S/C25H28FN3O2/c26-21-10-7-18(8-11-21)13-14-27-25(31)20-4-3-15-29(17-20)24(30)12-9-19-16-28-23-6-2-1-5-22(19)23/h1-2,5-8,10-11,16,20,28H,3-4,9,12-15,17H2,(H,27,31). The molecule has 2 heterocycles. The summed E-state index contributed by atoms with van der Waals surface area (Å²) in [5, 5.41) is 4.13. The van der Waals surface area contributed by atoms with Crippen molar-refractivity contribution in [3.8, 4) is 0 Å². The van der Waals surface area contributed by atoms with E-state index in [0.717, 1.165) is 34.9 Å². The number of amides is 2. The van der Waals surface area contributed by atoms with E-state index in [4.69, 9.17) is 0 Å². The van der Waals surface area contributed by atoms with Gasteiger partial charge in [0.15, 0.2) is 0 Å². The Balaban J connectivity index is 1.24. The van der Waals surface area contributed by atoms with Crippen molar-refractivity contribution < 1.29 is 14.0 Å². The second-order valence-corrected chi connectivity index (χ2v) is 8.21. The number of carbonyl (C=O) groups excluding carboxylic acids is 2. The quantitative estimate of drug-likeness (QED) is 0.609. The third-order valence-corrected chi connectivity index (χ3v) is 6.05. The molecule has 0 spiro atoms. The van der Waals surface area contributed by atoms with Crippen LogP contribution in [0.4, 0.5) is 4.39 Å². The van der Waals surface area contributed by atoms with E-state index in [9.17, 15) is 14.0 Å². The maximum absolute atomic E-state index is 13.0. The van der Waals surface area contributed by atoms with Crippen molar-refractivity contribution in [2.45, 2.75) is 32.1 Å². The average Bonchev–Trinajstić information content (AvgIpc) is 3.22. The predicted octanol–water partition coefficient (Wildman–Crippen LogP) is 3.84. The molecule has 1 atom stereocenters. The molecule has 6 heteroatoms. The van der Waals surface area contributed by atoms with Crippen LogP contribution < -0.4 is 5.32 Å². The van der Waals surface area contributed by atoms with Gasteiger partial charge in [-0.2, -0.15) is 0 Å². The number of halogens is 1. The van der Waals surface area contributed by atoms with E-state index in [0.29, 0.717) is 38.9 Å². The van der Waals surface area contributed by atoms with E-state index in [1.807, 2.05) is 29.3 Å². The Morgan fingerprint density at radius 1 is 1.10 bits per heavy atom. The molecular formula is C25H28FN3O2. The first-order valence-corrected chi connectivity index (χ1v) is 10.9. The topological polar surface area (TPSA) is 65.2 Å². The smallest absolute Gasteiger partial charge is 0.224 e. The lowest BCUT2D eigenvalue weighted by atomic mass is 9.96. The zero-order valence-electron chi connectivity index (χ0n) is 17.6. The van der Waals surface area contributed by atoms with Crippen LogP contribution in [0.2, 0.25) is 0 Å².